The molecule has 1 amide bonds. The van der Waals surface area contributed by atoms with Crippen LogP contribution in [0.25, 0.3) is 0 Å². The quantitative estimate of drug-likeness (QED) is 0.762. The van der Waals surface area contributed by atoms with Crippen LogP contribution in [-0.4, -0.2) is 28.3 Å². The Labute approximate surface area is 93.6 Å². The lowest BCUT2D eigenvalue weighted by Crippen LogP contribution is -2.20. The molecule has 0 bridgehead atoms. The van der Waals surface area contributed by atoms with E-state index in [0.29, 0.717) is 5.69 Å². The number of aromatic nitrogens is 2. The lowest BCUT2D eigenvalue weighted by molar-refractivity contribution is -0.144. The third kappa shape index (κ3) is 2.82. The van der Waals surface area contributed by atoms with Crippen molar-refractivity contribution in [2.45, 2.75) is 20.8 Å². The summed E-state index contributed by atoms with van der Waals surface area (Å²) in [6, 6.07) is 0. The van der Waals surface area contributed by atoms with Gasteiger partial charge in [-0.15, -0.1) is 0 Å². The molecular weight excluding hydrogens is 210 g/mol. The molecule has 1 heterocycles. The van der Waals surface area contributed by atoms with Gasteiger partial charge in [0.25, 0.3) is 5.91 Å². The highest BCUT2D eigenvalue weighted by Gasteiger charge is 2.12. The second-order valence-corrected chi connectivity index (χ2v) is 3.50. The van der Waals surface area contributed by atoms with E-state index >= 15 is 0 Å². The second kappa shape index (κ2) is 4.78. The molecule has 0 unspecified atom stereocenters. The zero-order chi connectivity index (χ0) is 12.3. The van der Waals surface area contributed by atoms with Gasteiger partial charge < -0.3 is 10.1 Å². The van der Waals surface area contributed by atoms with Crippen molar-refractivity contribution in [3.8, 4) is 0 Å². The van der Waals surface area contributed by atoms with Gasteiger partial charge in [0.2, 0.25) is 0 Å². The summed E-state index contributed by atoms with van der Waals surface area (Å²) in [6.07, 6.45) is 0. The third-order valence-electron chi connectivity index (χ3n) is 2.18. The number of nitrogens with zero attached hydrogens (tertiary/aromatic N) is 2. The van der Waals surface area contributed by atoms with Crippen molar-refractivity contribution in [3.05, 3.63) is 11.4 Å². The molecule has 1 N–H and O–H groups in total. The maximum atomic E-state index is 11.4. The first-order valence-corrected chi connectivity index (χ1v) is 4.85. The van der Waals surface area contributed by atoms with Crippen LogP contribution in [0.15, 0.2) is 0 Å². The first-order chi connectivity index (χ1) is 7.41. The van der Waals surface area contributed by atoms with Crippen molar-refractivity contribution < 1.29 is 14.3 Å². The Kier molecular flexibility index (Phi) is 3.65. The monoisotopic (exact) mass is 225 g/mol. The minimum absolute atomic E-state index is 0.275. The van der Waals surface area contributed by atoms with Gasteiger partial charge in [-0.1, -0.05) is 0 Å². The van der Waals surface area contributed by atoms with Gasteiger partial charge in [0.05, 0.1) is 17.1 Å². The van der Waals surface area contributed by atoms with Gasteiger partial charge in [0.15, 0.2) is 6.61 Å². The highest BCUT2D eigenvalue weighted by molar-refractivity contribution is 5.93. The number of hydrogen-bond acceptors (Lipinski definition) is 4. The maximum Gasteiger partial charge on any atom is 0.303 e. The van der Waals surface area contributed by atoms with Gasteiger partial charge in [-0.2, -0.15) is 5.10 Å². The summed E-state index contributed by atoms with van der Waals surface area (Å²) >= 11 is 0. The summed E-state index contributed by atoms with van der Waals surface area (Å²) in [7, 11) is 1.80. The van der Waals surface area contributed by atoms with E-state index in [1.165, 1.54) is 6.92 Å². The normalized spacial score (nSPS) is 10.0. The zero-order valence-corrected chi connectivity index (χ0v) is 9.83. The number of hydrogen-bond donors (Lipinski definition) is 1. The number of ether oxygens (including phenoxy) is 1. The van der Waals surface area contributed by atoms with E-state index in [4.69, 9.17) is 0 Å². The SMILES string of the molecule is CC(=O)OCC(=O)Nc1c(C)nn(C)c1C. The Bertz CT molecular complexity index is 423. The highest BCUT2D eigenvalue weighted by atomic mass is 16.5. The summed E-state index contributed by atoms with van der Waals surface area (Å²) < 4.78 is 6.26. The average Bonchev–Trinajstić information content (AvgIpc) is 2.42. The molecule has 88 valence electrons. The molecule has 0 saturated heterocycles. The number of rotatable bonds is 3. The van der Waals surface area contributed by atoms with E-state index in [1.54, 1.807) is 18.7 Å². The van der Waals surface area contributed by atoms with Crippen LogP contribution in [0.1, 0.15) is 18.3 Å². The molecule has 1 rings (SSSR count). The lowest BCUT2D eigenvalue weighted by atomic mass is 10.3. The molecule has 0 spiro atoms. The molecule has 0 radical (unpaired) electrons. The summed E-state index contributed by atoms with van der Waals surface area (Å²) in [4.78, 5) is 21.9. The van der Waals surface area contributed by atoms with Crippen LogP contribution in [0.5, 0.6) is 0 Å². The van der Waals surface area contributed by atoms with Crippen molar-refractivity contribution in [2.75, 3.05) is 11.9 Å². The molecule has 1 aromatic heterocycles. The van der Waals surface area contributed by atoms with Crippen LogP contribution in [0.2, 0.25) is 0 Å². The van der Waals surface area contributed by atoms with Crippen LogP contribution in [0.4, 0.5) is 5.69 Å². The fourth-order valence-corrected chi connectivity index (χ4v) is 1.30. The number of amides is 1. The smallest absolute Gasteiger partial charge is 0.303 e. The minimum Gasteiger partial charge on any atom is -0.456 e. The summed E-state index contributed by atoms with van der Waals surface area (Å²) in [5.74, 6) is -0.843. The number of anilines is 1. The highest BCUT2D eigenvalue weighted by Crippen LogP contribution is 2.17. The molecule has 0 aromatic carbocycles. The fourth-order valence-electron chi connectivity index (χ4n) is 1.30. The van der Waals surface area contributed by atoms with Crippen molar-refractivity contribution in [1.82, 2.24) is 9.78 Å². The Balaban J connectivity index is 2.66. The third-order valence-corrected chi connectivity index (χ3v) is 2.18. The van der Waals surface area contributed by atoms with E-state index in [2.05, 4.69) is 15.2 Å². The zero-order valence-electron chi connectivity index (χ0n) is 9.83. The standard InChI is InChI=1S/C10H15N3O3/c1-6-10(7(2)13(4)12-6)11-9(15)5-16-8(3)14/h5H2,1-4H3,(H,11,15). The molecule has 0 aliphatic heterocycles. The fraction of sp³-hybridized carbons (Fsp3) is 0.500. The van der Waals surface area contributed by atoms with Crippen LogP contribution in [-0.2, 0) is 21.4 Å². The Morgan fingerprint density at radius 2 is 2.06 bits per heavy atom. The van der Waals surface area contributed by atoms with Gasteiger partial charge in [0.1, 0.15) is 0 Å². The van der Waals surface area contributed by atoms with Crippen LogP contribution >= 0.6 is 0 Å². The van der Waals surface area contributed by atoms with Crippen molar-refractivity contribution in [3.63, 3.8) is 0 Å². The van der Waals surface area contributed by atoms with Crippen LogP contribution in [0, 0.1) is 13.8 Å². The molecule has 1 aromatic rings. The van der Waals surface area contributed by atoms with Crippen molar-refractivity contribution >= 4 is 17.6 Å². The van der Waals surface area contributed by atoms with E-state index in [0.717, 1.165) is 11.4 Å². The number of carbonyl (C=O) groups is 2. The van der Waals surface area contributed by atoms with E-state index in [-0.39, 0.29) is 12.5 Å². The Hall–Kier alpha value is -1.85. The first kappa shape index (κ1) is 12.2. The number of esters is 1. The lowest BCUT2D eigenvalue weighted by Gasteiger charge is -2.05. The van der Waals surface area contributed by atoms with Gasteiger partial charge in [-0.05, 0) is 13.8 Å². The molecule has 6 heteroatoms. The molecule has 0 saturated carbocycles. The predicted molar refractivity (Wildman–Crippen MR) is 57.9 cm³/mol. The molecule has 0 aliphatic rings. The second-order valence-electron chi connectivity index (χ2n) is 3.50. The van der Waals surface area contributed by atoms with Crippen molar-refractivity contribution in [1.29, 1.82) is 0 Å². The molecule has 0 aliphatic carbocycles. The Morgan fingerprint density at radius 3 is 2.50 bits per heavy atom. The maximum absolute atomic E-state index is 11.4. The van der Waals surface area contributed by atoms with Gasteiger partial charge in [0, 0.05) is 14.0 Å². The number of carbonyl (C=O) groups excluding carboxylic acids is 2. The summed E-state index contributed by atoms with van der Waals surface area (Å²) in [5.41, 5.74) is 2.25. The first-order valence-electron chi connectivity index (χ1n) is 4.85. The van der Waals surface area contributed by atoms with Gasteiger partial charge >= 0.3 is 5.97 Å². The van der Waals surface area contributed by atoms with Gasteiger partial charge in [-0.25, -0.2) is 0 Å². The van der Waals surface area contributed by atoms with E-state index < -0.39 is 5.97 Å². The minimum atomic E-state index is -0.477. The van der Waals surface area contributed by atoms with Crippen molar-refractivity contribution in [2.24, 2.45) is 7.05 Å². The molecule has 6 nitrogen and oxygen atoms in total. The molecule has 16 heavy (non-hydrogen) atoms. The van der Waals surface area contributed by atoms with E-state index in [9.17, 15) is 9.59 Å². The molecular formula is C10H15N3O3. The van der Waals surface area contributed by atoms with Crippen LogP contribution < -0.4 is 5.32 Å². The Morgan fingerprint density at radius 1 is 1.44 bits per heavy atom. The molecule has 0 atom stereocenters. The summed E-state index contributed by atoms with van der Waals surface area (Å²) in [5, 5.41) is 6.81. The van der Waals surface area contributed by atoms with Crippen LogP contribution in [0.3, 0.4) is 0 Å². The van der Waals surface area contributed by atoms with E-state index in [1.807, 2.05) is 6.92 Å². The average molecular weight is 225 g/mol. The number of aryl methyl sites for hydroxylation is 2. The van der Waals surface area contributed by atoms with Gasteiger partial charge in [-0.3, -0.25) is 14.3 Å². The summed E-state index contributed by atoms with van der Waals surface area (Å²) in [6.45, 7) is 4.63. The number of nitrogens with one attached hydrogen (secondary N) is 1. The largest absolute Gasteiger partial charge is 0.456 e. The predicted octanol–water partition coefficient (Wildman–Crippen LogP) is 0.539. The molecule has 0 fully saturated rings. The topological polar surface area (TPSA) is 73.2 Å².